The average molecular weight is 296 g/mol. The van der Waals surface area contributed by atoms with E-state index in [0.717, 1.165) is 18.5 Å². The molecule has 4 heteroatoms. The first-order valence-corrected chi connectivity index (χ1v) is 6.82. The smallest absolute Gasteiger partial charge is 0.122 e. The van der Waals surface area contributed by atoms with Crippen molar-refractivity contribution in [3.8, 4) is 5.75 Å². The van der Waals surface area contributed by atoms with E-state index in [9.17, 15) is 0 Å². The van der Waals surface area contributed by atoms with Crippen molar-refractivity contribution in [2.75, 3.05) is 12.3 Å². The summed E-state index contributed by atoms with van der Waals surface area (Å²) in [6.07, 6.45) is 1.88. The lowest BCUT2D eigenvalue weighted by atomic mass is 10.1. The first-order valence-electron chi connectivity index (χ1n) is 6.07. The molecular weight excluding hydrogens is 281 g/mol. The summed E-state index contributed by atoms with van der Waals surface area (Å²) < 4.78 is 5.62. The Bertz CT molecular complexity index is 520. The van der Waals surface area contributed by atoms with Crippen molar-refractivity contribution in [1.82, 2.24) is 0 Å². The van der Waals surface area contributed by atoms with Gasteiger partial charge in [0, 0.05) is 15.7 Å². The molecule has 0 bridgehead atoms. The normalized spacial score (nSPS) is 10.4. The van der Waals surface area contributed by atoms with Crippen molar-refractivity contribution in [2.45, 2.75) is 12.8 Å². The standard InChI is InChI=1S/C15H15Cl2NO/c16-12-8-13(17)10-15(9-12)19-7-1-2-11-3-5-14(18)6-4-11/h3-6,8-10H,1-2,7,18H2. The molecule has 19 heavy (non-hydrogen) atoms. The number of hydrogen-bond acceptors (Lipinski definition) is 2. The molecule has 2 aromatic rings. The van der Waals surface area contributed by atoms with E-state index in [4.69, 9.17) is 33.7 Å². The third-order valence-electron chi connectivity index (χ3n) is 2.69. The van der Waals surface area contributed by atoms with E-state index in [0.29, 0.717) is 22.4 Å². The molecular formula is C15H15Cl2NO. The maximum Gasteiger partial charge on any atom is 0.122 e. The van der Waals surface area contributed by atoms with Crippen LogP contribution < -0.4 is 10.5 Å². The van der Waals surface area contributed by atoms with Crippen LogP contribution in [-0.4, -0.2) is 6.61 Å². The number of aryl methyl sites for hydroxylation is 1. The predicted octanol–water partition coefficient (Wildman–Crippen LogP) is 4.59. The Balaban J connectivity index is 1.79. The lowest BCUT2D eigenvalue weighted by molar-refractivity contribution is 0.311. The van der Waals surface area contributed by atoms with Gasteiger partial charge in [0.15, 0.2) is 0 Å². The van der Waals surface area contributed by atoms with E-state index in [1.807, 2.05) is 24.3 Å². The highest BCUT2D eigenvalue weighted by molar-refractivity contribution is 6.34. The van der Waals surface area contributed by atoms with Crippen LogP contribution in [-0.2, 0) is 6.42 Å². The number of benzene rings is 2. The number of nitrogen functional groups attached to an aromatic ring is 1. The lowest BCUT2D eigenvalue weighted by Gasteiger charge is -2.07. The number of hydrogen-bond donors (Lipinski definition) is 1. The number of rotatable bonds is 5. The van der Waals surface area contributed by atoms with Crippen LogP contribution in [0.1, 0.15) is 12.0 Å². The van der Waals surface area contributed by atoms with Gasteiger partial charge < -0.3 is 10.5 Å². The zero-order valence-corrected chi connectivity index (χ0v) is 11.9. The van der Waals surface area contributed by atoms with Gasteiger partial charge in [0.2, 0.25) is 0 Å². The first-order chi connectivity index (χ1) is 9.13. The third-order valence-corrected chi connectivity index (χ3v) is 3.13. The van der Waals surface area contributed by atoms with Crippen molar-refractivity contribution in [3.05, 3.63) is 58.1 Å². The monoisotopic (exact) mass is 295 g/mol. The van der Waals surface area contributed by atoms with Crippen molar-refractivity contribution >= 4 is 28.9 Å². The highest BCUT2D eigenvalue weighted by atomic mass is 35.5. The van der Waals surface area contributed by atoms with Crippen molar-refractivity contribution in [2.24, 2.45) is 0 Å². The largest absolute Gasteiger partial charge is 0.493 e. The third kappa shape index (κ3) is 4.66. The molecule has 0 atom stereocenters. The first kappa shape index (κ1) is 14.0. The second-order valence-corrected chi connectivity index (χ2v) is 5.17. The van der Waals surface area contributed by atoms with Gasteiger partial charge >= 0.3 is 0 Å². The molecule has 0 aromatic heterocycles. The predicted molar refractivity (Wildman–Crippen MR) is 81.1 cm³/mol. The summed E-state index contributed by atoms with van der Waals surface area (Å²) in [4.78, 5) is 0. The Kier molecular flexibility index (Phi) is 4.94. The number of anilines is 1. The molecule has 0 radical (unpaired) electrons. The van der Waals surface area contributed by atoms with E-state index < -0.39 is 0 Å². The Labute approximate surface area is 123 Å². The fourth-order valence-electron chi connectivity index (χ4n) is 1.76. The molecule has 0 heterocycles. The maximum atomic E-state index is 5.90. The molecule has 100 valence electrons. The molecule has 2 rings (SSSR count). The highest BCUT2D eigenvalue weighted by Gasteiger charge is 1.99. The summed E-state index contributed by atoms with van der Waals surface area (Å²) in [5.41, 5.74) is 7.67. The van der Waals surface area contributed by atoms with Gasteiger partial charge in [-0.1, -0.05) is 35.3 Å². The van der Waals surface area contributed by atoms with Crippen LogP contribution >= 0.6 is 23.2 Å². The van der Waals surface area contributed by atoms with E-state index in [-0.39, 0.29) is 0 Å². The second kappa shape index (κ2) is 6.69. The van der Waals surface area contributed by atoms with Crippen LogP contribution in [0.4, 0.5) is 5.69 Å². The van der Waals surface area contributed by atoms with Gasteiger partial charge in [-0.2, -0.15) is 0 Å². The molecule has 0 saturated carbocycles. The van der Waals surface area contributed by atoms with E-state index >= 15 is 0 Å². The van der Waals surface area contributed by atoms with Crippen molar-refractivity contribution in [1.29, 1.82) is 0 Å². The molecule has 0 unspecified atom stereocenters. The van der Waals surface area contributed by atoms with Crippen LogP contribution in [0.3, 0.4) is 0 Å². The van der Waals surface area contributed by atoms with Gasteiger partial charge in [-0.3, -0.25) is 0 Å². The van der Waals surface area contributed by atoms with Gasteiger partial charge in [-0.15, -0.1) is 0 Å². The van der Waals surface area contributed by atoms with E-state index in [2.05, 4.69) is 0 Å². The van der Waals surface area contributed by atoms with Crippen LogP contribution in [0.2, 0.25) is 10.0 Å². The van der Waals surface area contributed by atoms with Gasteiger partial charge in [-0.25, -0.2) is 0 Å². The summed E-state index contributed by atoms with van der Waals surface area (Å²) >= 11 is 11.8. The summed E-state index contributed by atoms with van der Waals surface area (Å²) in [5.74, 6) is 0.704. The minimum Gasteiger partial charge on any atom is -0.493 e. The second-order valence-electron chi connectivity index (χ2n) is 4.30. The molecule has 0 amide bonds. The van der Waals surface area contributed by atoms with Crippen molar-refractivity contribution < 1.29 is 4.74 Å². The molecule has 0 fully saturated rings. The Morgan fingerprint density at radius 1 is 0.947 bits per heavy atom. The fraction of sp³-hybridized carbons (Fsp3) is 0.200. The Morgan fingerprint density at radius 2 is 1.58 bits per heavy atom. The number of halogens is 2. The quantitative estimate of drug-likeness (QED) is 0.647. The summed E-state index contributed by atoms with van der Waals surface area (Å²) in [7, 11) is 0. The van der Waals surface area contributed by atoms with Gasteiger partial charge in [-0.05, 0) is 48.7 Å². The van der Waals surface area contributed by atoms with Gasteiger partial charge in [0.1, 0.15) is 5.75 Å². The van der Waals surface area contributed by atoms with Crippen LogP contribution in [0.5, 0.6) is 5.75 Å². The summed E-state index contributed by atoms with van der Waals surface area (Å²) in [6.45, 7) is 0.626. The highest BCUT2D eigenvalue weighted by Crippen LogP contribution is 2.24. The van der Waals surface area contributed by atoms with E-state index in [1.165, 1.54) is 5.56 Å². The minimum atomic E-state index is 0.584. The summed E-state index contributed by atoms with van der Waals surface area (Å²) in [5, 5.41) is 1.17. The van der Waals surface area contributed by atoms with E-state index in [1.54, 1.807) is 18.2 Å². The molecule has 2 N–H and O–H groups in total. The molecule has 2 aromatic carbocycles. The molecule has 0 aliphatic rings. The summed E-state index contributed by atoms with van der Waals surface area (Å²) in [6, 6.07) is 13.1. The average Bonchev–Trinajstić information content (AvgIpc) is 2.36. The Morgan fingerprint density at radius 3 is 2.21 bits per heavy atom. The lowest BCUT2D eigenvalue weighted by Crippen LogP contribution is -1.99. The maximum absolute atomic E-state index is 5.90. The SMILES string of the molecule is Nc1ccc(CCCOc2cc(Cl)cc(Cl)c2)cc1. The van der Waals surface area contributed by atoms with Crippen LogP contribution in [0, 0.1) is 0 Å². The van der Waals surface area contributed by atoms with Crippen molar-refractivity contribution in [3.63, 3.8) is 0 Å². The fourth-order valence-corrected chi connectivity index (χ4v) is 2.27. The number of ether oxygens (including phenoxy) is 1. The molecule has 0 spiro atoms. The zero-order valence-electron chi connectivity index (χ0n) is 10.4. The van der Waals surface area contributed by atoms with Gasteiger partial charge in [0.05, 0.1) is 6.61 Å². The Hall–Kier alpha value is -1.38. The topological polar surface area (TPSA) is 35.2 Å². The van der Waals surface area contributed by atoms with Gasteiger partial charge in [0.25, 0.3) is 0 Å². The molecule has 2 nitrogen and oxygen atoms in total. The zero-order chi connectivity index (χ0) is 13.7. The minimum absolute atomic E-state index is 0.584. The van der Waals surface area contributed by atoms with Crippen LogP contribution in [0.15, 0.2) is 42.5 Å². The van der Waals surface area contributed by atoms with Crippen LogP contribution in [0.25, 0.3) is 0 Å². The molecule has 0 aliphatic heterocycles. The number of nitrogens with two attached hydrogens (primary N) is 1. The molecule has 0 aliphatic carbocycles. The molecule has 0 saturated heterocycles.